The normalized spacial score (nSPS) is 10.8. The van der Waals surface area contributed by atoms with Crippen molar-refractivity contribution in [2.75, 3.05) is 7.11 Å². The molecule has 4 nitrogen and oxygen atoms in total. The quantitative estimate of drug-likeness (QED) is 0.450. The van der Waals surface area contributed by atoms with Crippen molar-refractivity contribution < 1.29 is 18.3 Å². The number of halogens is 1. The van der Waals surface area contributed by atoms with Crippen LogP contribution in [0.1, 0.15) is 5.56 Å². The minimum Gasteiger partial charge on any atom is -0.497 e. The summed E-state index contributed by atoms with van der Waals surface area (Å²) in [5.41, 5.74) is 2.04. The highest BCUT2D eigenvalue weighted by molar-refractivity contribution is 5.93. The smallest absolute Gasteiger partial charge is 0.336 e. The Balaban J connectivity index is 1.68. The first kappa shape index (κ1) is 17.8. The van der Waals surface area contributed by atoms with Crippen molar-refractivity contribution in [3.05, 3.63) is 94.6 Å². The van der Waals surface area contributed by atoms with E-state index in [9.17, 15) is 9.18 Å². The van der Waals surface area contributed by atoms with Gasteiger partial charge in [-0.25, -0.2) is 9.18 Å². The summed E-state index contributed by atoms with van der Waals surface area (Å²) in [7, 11) is 1.60. The summed E-state index contributed by atoms with van der Waals surface area (Å²) >= 11 is 0. The van der Waals surface area contributed by atoms with Crippen LogP contribution in [0.2, 0.25) is 0 Å². The van der Waals surface area contributed by atoms with Gasteiger partial charge in [-0.1, -0.05) is 30.3 Å². The van der Waals surface area contributed by atoms with Crippen LogP contribution in [0, 0.1) is 5.82 Å². The summed E-state index contributed by atoms with van der Waals surface area (Å²) < 4.78 is 30.0. The first-order valence-corrected chi connectivity index (χ1v) is 8.72. The summed E-state index contributed by atoms with van der Waals surface area (Å²) in [5, 5.41) is 0.781. The van der Waals surface area contributed by atoms with Crippen LogP contribution in [-0.4, -0.2) is 7.11 Å². The molecule has 3 aromatic carbocycles. The minimum atomic E-state index is -0.454. The number of hydrogen-bond acceptors (Lipinski definition) is 4. The molecule has 0 bridgehead atoms. The van der Waals surface area contributed by atoms with Crippen LogP contribution in [0.15, 0.2) is 82.0 Å². The van der Waals surface area contributed by atoms with Crippen molar-refractivity contribution in [1.82, 2.24) is 0 Å². The van der Waals surface area contributed by atoms with Crippen molar-refractivity contribution in [2.45, 2.75) is 6.61 Å². The molecule has 0 saturated heterocycles. The van der Waals surface area contributed by atoms with E-state index in [2.05, 4.69) is 0 Å². The maximum Gasteiger partial charge on any atom is 0.336 e. The molecule has 4 aromatic rings. The van der Waals surface area contributed by atoms with Crippen LogP contribution < -0.4 is 15.1 Å². The molecule has 0 radical (unpaired) electrons. The minimum absolute atomic E-state index is 0.0839. The Morgan fingerprint density at radius 3 is 2.43 bits per heavy atom. The Morgan fingerprint density at radius 1 is 0.929 bits per heavy atom. The zero-order valence-corrected chi connectivity index (χ0v) is 15.1. The number of methoxy groups -OCH3 is 1. The molecule has 0 unspecified atom stereocenters. The van der Waals surface area contributed by atoms with Crippen molar-refractivity contribution >= 4 is 11.0 Å². The first-order valence-electron chi connectivity index (χ1n) is 8.72. The van der Waals surface area contributed by atoms with Gasteiger partial charge in [0.25, 0.3) is 0 Å². The topological polar surface area (TPSA) is 48.7 Å². The maximum atomic E-state index is 13.7. The molecule has 0 aliphatic carbocycles. The lowest BCUT2D eigenvalue weighted by Gasteiger charge is -2.10. The van der Waals surface area contributed by atoms with Crippen molar-refractivity contribution in [3.63, 3.8) is 0 Å². The molecule has 0 fully saturated rings. The van der Waals surface area contributed by atoms with Crippen LogP contribution >= 0.6 is 0 Å². The summed E-state index contributed by atoms with van der Waals surface area (Å²) in [6, 6.07) is 20.6. The third-order valence-electron chi connectivity index (χ3n) is 4.47. The van der Waals surface area contributed by atoms with Gasteiger partial charge in [0, 0.05) is 23.1 Å². The lowest BCUT2D eigenvalue weighted by atomic mass is 10.0. The fourth-order valence-electron chi connectivity index (χ4n) is 3.02. The van der Waals surface area contributed by atoms with E-state index in [1.54, 1.807) is 37.4 Å². The van der Waals surface area contributed by atoms with Crippen LogP contribution in [0.5, 0.6) is 11.5 Å². The van der Waals surface area contributed by atoms with Crippen molar-refractivity contribution in [3.8, 4) is 22.6 Å². The van der Waals surface area contributed by atoms with E-state index in [1.165, 1.54) is 12.1 Å². The number of benzene rings is 3. The first-order chi connectivity index (χ1) is 13.6. The van der Waals surface area contributed by atoms with Gasteiger partial charge in [0.1, 0.15) is 29.5 Å². The molecular weight excluding hydrogens is 359 g/mol. The molecule has 0 spiro atoms. The van der Waals surface area contributed by atoms with Gasteiger partial charge in [0.05, 0.1) is 7.11 Å². The molecule has 1 aromatic heterocycles. The summed E-state index contributed by atoms with van der Waals surface area (Å²) in [6.07, 6.45) is 0. The second kappa shape index (κ2) is 7.56. The number of ether oxygens (including phenoxy) is 2. The molecule has 140 valence electrons. The van der Waals surface area contributed by atoms with Gasteiger partial charge >= 0.3 is 5.63 Å². The Hall–Kier alpha value is -3.60. The van der Waals surface area contributed by atoms with Crippen LogP contribution in [0.4, 0.5) is 4.39 Å². The molecule has 0 amide bonds. The summed E-state index contributed by atoms with van der Waals surface area (Å²) in [5.74, 6) is 0.905. The Bertz CT molecular complexity index is 1180. The van der Waals surface area contributed by atoms with Gasteiger partial charge < -0.3 is 13.9 Å². The molecule has 4 rings (SSSR count). The Morgan fingerprint density at radius 2 is 1.68 bits per heavy atom. The fourth-order valence-corrected chi connectivity index (χ4v) is 3.02. The van der Waals surface area contributed by atoms with Crippen molar-refractivity contribution in [1.29, 1.82) is 0 Å². The predicted octanol–water partition coefficient (Wildman–Crippen LogP) is 5.19. The second-order valence-electron chi connectivity index (χ2n) is 6.25. The SMILES string of the molecule is COc1ccc(-c2cc(=O)oc3cc(OCc4ccccc4F)ccc23)cc1. The van der Waals surface area contributed by atoms with Gasteiger partial charge in [-0.2, -0.15) is 0 Å². The zero-order chi connectivity index (χ0) is 19.5. The van der Waals surface area contributed by atoms with E-state index in [-0.39, 0.29) is 12.4 Å². The molecule has 0 saturated carbocycles. The second-order valence-corrected chi connectivity index (χ2v) is 6.25. The van der Waals surface area contributed by atoms with Gasteiger partial charge in [-0.3, -0.25) is 0 Å². The number of fused-ring (bicyclic) bond motifs is 1. The average molecular weight is 376 g/mol. The van der Waals surface area contributed by atoms with E-state index in [0.717, 1.165) is 22.3 Å². The molecule has 5 heteroatoms. The highest BCUT2D eigenvalue weighted by Crippen LogP contribution is 2.31. The predicted molar refractivity (Wildman–Crippen MR) is 105 cm³/mol. The average Bonchev–Trinajstić information content (AvgIpc) is 2.72. The maximum absolute atomic E-state index is 13.7. The van der Waals surface area contributed by atoms with Gasteiger partial charge in [-0.05, 0) is 41.5 Å². The standard InChI is InChI=1S/C23H17FO4/c1-26-17-8-6-15(7-9-17)20-13-23(25)28-22-12-18(10-11-19(20)22)27-14-16-4-2-3-5-21(16)24/h2-13H,14H2,1H3. The molecular formula is C23H17FO4. The Labute approximate surface area is 160 Å². The fraction of sp³-hybridized carbons (Fsp3) is 0.0870. The Kier molecular flexibility index (Phi) is 4.81. The van der Waals surface area contributed by atoms with Gasteiger partial charge in [-0.15, -0.1) is 0 Å². The largest absolute Gasteiger partial charge is 0.497 e. The third kappa shape index (κ3) is 3.60. The molecule has 0 aliphatic rings. The van der Waals surface area contributed by atoms with Crippen LogP contribution in [0.25, 0.3) is 22.1 Å². The molecule has 0 N–H and O–H groups in total. The molecule has 0 aliphatic heterocycles. The third-order valence-corrected chi connectivity index (χ3v) is 4.47. The van der Waals surface area contributed by atoms with Crippen LogP contribution in [-0.2, 0) is 6.61 Å². The molecule has 1 heterocycles. The van der Waals surface area contributed by atoms with Gasteiger partial charge in [0.15, 0.2) is 0 Å². The van der Waals surface area contributed by atoms with E-state index >= 15 is 0 Å². The number of rotatable bonds is 5. The number of hydrogen-bond donors (Lipinski definition) is 0. The summed E-state index contributed by atoms with van der Waals surface area (Å²) in [6.45, 7) is 0.0839. The van der Waals surface area contributed by atoms with E-state index < -0.39 is 5.63 Å². The molecule has 0 atom stereocenters. The highest BCUT2D eigenvalue weighted by Gasteiger charge is 2.10. The van der Waals surface area contributed by atoms with Crippen molar-refractivity contribution in [2.24, 2.45) is 0 Å². The zero-order valence-electron chi connectivity index (χ0n) is 15.1. The van der Waals surface area contributed by atoms with Crippen LogP contribution in [0.3, 0.4) is 0 Å². The van der Waals surface area contributed by atoms with E-state index in [4.69, 9.17) is 13.9 Å². The van der Waals surface area contributed by atoms with E-state index in [1.807, 2.05) is 30.3 Å². The van der Waals surface area contributed by atoms with Gasteiger partial charge in [0.2, 0.25) is 0 Å². The summed E-state index contributed by atoms with van der Waals surface area (Å²) in [4.78, 5) is 12.1. The highest BCUT2D eigenvalue weighted by atomic mass is 19.1. The van der Waals surface area contributed by atoms with E-state index in [0.29, 0.717) is 16.9 Å². The lowest BCUT2D eigenvalue weighted by Crippen LogP contribution is -2.00. The molecule has 28 heavy (non-hydrogen) atoms. The monoisotopic (exact) mass is 376 g/mol. The lowest BCUT2D eigenvalue weighted by molar-refractivity contribution is 0.300.